The summed E-state index contributed by atoms with van der Waals surface area (Å²) in [6.07, 6.45) is -0.357. The molecule has 1 aromatic rings. The van der Waals surface area contributed by atoms with Crippen LogP contribution < -0.4 is 0 Å². The van der Waals surface area contributed by atoms with Gasteiger partial charge in [0.1, 0.15) is 0 Å². The number of carboxylic acids is 2. The molecule has 0 aliphatic heterocycles. The normalized spacial score (nSPS) is 14.0. The molecule has 2 unspecified atom stereocenters. The smallest absolute Gasteiger partial charge is 0.307 e. The van der Waals surface area contributed by atoms with Crippen molar-refractivity contribution in [1.29, 1.82) is 0 Å². The lowest BCUT2D eigenvalue weighted by molar-refractivity contribution is -0.149. The molecule has 17 heavy (non-hydrogen) atoms. The van der Waals surface area contributed by atoms with Crippen molar-refractivity contribution in [3.05, 3.63) is 35.4 Å². The fourth-order valence-electron chi connectivity index (χ4n) is 1.85. The number of hydrogen-bond acceptors (Lipinski definition) is 2. The SMILES string of the molecule is Cc1cccc(C(C)C(CC(=O)O)C(=O)O)c1. The highest BCUT2D eigenvalue weighted by Crippen LogP contribution is 2.27. The van der Waals surface area contributed by atoms with E-state index in [-0.39, 0.29) is 12.3 Å². The Morgan fingerprint density at radius 3 is 2.41 bits per heavy atom. The lowest BCUT2D eigenvalue weighted by Gasteiger charge is -2.19. The molecule has 4 heteroatoms. The van der Waals surface area contributed by atoms with Crippen LogP contribution in [0.1, 0.15) is 30.4 Å². The van der Waals surface area contributed by atoms with Crippen molar-refractivity contribution in [2.45, 2.75) is 26.2 Å². The molecule has 2 atom stereocenters. The largest absolute Gasteiger partial charge is 0.481 e. The van der Waals surface area contributed by atoms with Gasteiger partial charge in [-0.15, -0.1) is 0 Å². The Labute approximate surface area is 99.9 Å². The van der Waals surface area contributed by atoms with Crippen molar-refractivity contribution in [3.63, 3.8) is 0 Å². The minimum atomic E-state index is -1.09. The third-order valence-corrected chi connectivity index (χ3v) is 2.88. The van der Waals surface area contributed by atoms with Crippen LogP contribution in [0.5, 0.6) is 0 Å². The van der Waals surface area contributed by atoms with Crippen LogP contribution in [-0.4, -0.2) is 22.2 Å². The quantitative estimate of drug-likeness (QED) is 0.822. The first-order valence-electron chi connectivity index (χ1n) is 5.43. The van der Waals surface area contributed by atoms with Crippen molar-refractivity contribution in [2.24, 2.45) is 5.92 Å². The summed E-state index contributed by atoms with van der Waals surface area (Å²) in [6.45, 7) is 3.67. The highest BCUT2D eigenvalue weighted by atomic mass is 16.4. The predicted octanol–water partition coefficient (Wildman–Crippen LogP) is 2.27. The Bertz CT molecular complexity index is 425. The highest BCUT2D eigenvalue weighted by Gasteiger charge is 2.28. The topological polar surface area (TPSA) is 74.6 Å². The summed E-state index contributed by atoms with van der Waals surface area (Å²) in [4.78, 5) is 21.7. The molecule has 0 spiro atoms. The zero-order valence-electron chi connectivity index (χ0n) is 9.88. The van der Waals surface area contributed by atoms with Gasteiger partial charge in [-0.1, -0.05) is 36.8 Å². The second-order valence-electron chi connectivity index (χ2n) is 4.25. The van der Waals surface area contributed by atoms with Gasteiger partial charge in [0.15, 0.2) is 0 Å². The summed E-state index contributed by atoms with van der Waals surface area (Å²) in [7, 11) is 0. The van der Waals surface area contributed by atoms with Crippen LogP contribution in [-0.2, 0) is 9.59 Å². The average molecular weight is 236 g/mol. The molecule has 0 aliphatic rings. The molecule has 0 aliphatic carbocycles. The molecule has 0 fully saturated rings. The Morgan fingerprint density at radius 2 is 1.94 bits per heavy atom. The maximum atomic E-state index is 11.1. The summed E-state index contributed by atoms with van der Waals surface area (Å²) in [6, 6.07) is 7.49. The summed E-state index contributed by atoms with van der Waals surface area (Å²) < 4.78 is 0. The van der Waals surface area contributed by atoms with Crippen LogP contribution in [0.25, 0.3) is 0 Å². The monoisotopic (exact) mass is 236 g/mol. The first-order valence-corrected chi connectivity index (χ1v) is 5.43. The molecule has 0 saturated carbocycles. The molecule has 1 aromatic carbocycles. The maximum Gasteiger partial charge on any atom is 0.307 e. The van der Waals surface area contributed by atoms with E-state index < -0.39 is 17.9 Å². The van der Waals surface area contributed by atoms with Gasteiger partial charge in [0.25, 0.3) is 0 Å². The molecule has 0 heterocycles. The minimum absolute atomic E-state index is 0.316. The number of hydrogen-bond donors (Lipinski definition) is 2. The molecule has 0 aromatic heterocycles. The summed E-state index contributed by atoms with van der Waals surface area (Å²) in [5.41, 5.74) is 1.90. The molecule has 4 nitrogen and oxygen atoms in total. The van der Waals surface area contributed by atoms with Crippen LogP contribution in [0.15, 0.2) is 24.3 Å². The van der Waals surface area contributed by atoms with E-state index in [1.165, 1.54) is 0 Å². The summed E-state index contributed by atoms with van der Waals surface area (Å²) in [5.74, 6) is -3.36. The van der Waals surface area contributed by atoms with Crippen molar-refractivity contribution < 1.29 is 19.8 Å². The predicted molar refractivity (Wildman–Crippen MR) is 63.0 cm³/mol. The fraction of sp³-hybridized carbons (Fsp3) is 0.385. The Balaban J connectivity index is 2.95. The Hall–Kier alpha value is -1.84. The number of benzene rings is 1. The van der Waals surface area contributed by atoms with Gasteiger partial charge >= 0.3 is 11.9 Å². The van der Waals surface area contributed by atoms with E-state index in [0.29, 0.717) is 0 Å². The molecule has 0 saturated heterocycles. The summed E-state index contributed by atoms with van der Waals surface area (Å²) >= 11 is 0. The van der Waals surface area contributed by atoms with Gasteiger partial charge in [-0.2, -0.15) is 0 Å². The maximum absolute atomic E-state index is 11.1. The van der Waals surface area contributed by atoms with Gasteiger partial charge in [0, 0.05) is 0 Å². The molecule has 0 amide bonds. The lowest BCUT2D eigenvalue weighted by Crippen LogP contribution is -2.23. The van der Waals surface area contributed by atoms with E-state index in [2.05, 4.69) is 0 Å². The van der Waals surface area contributed by atoms with Gasteiger partial charge in [-0.3, -0.25) is 9.59 Å². The number of rotatable bonds is 5. The summed E-state index contributed by atoms with van der Waals surface area (Å²) in [5, 5.41) is 17.8. The zero-order valence-corrected chi connectivity index (χ0v) is 9.88. The standard InChI is InChI=1S/C13H16O4/c1-8-4-3-5-10(6-8)9(2)11(13(16)17)7-12(14)15/h3-6,9,11H,7H2,1-2H3,(H,14,15)(H,16,17). The van der Waals surface area contributed by atoms with E-state index >= 15 is 0 Å². The molecule has 92 valence electrons. The molecular weight excluding hydrogens is 220 g/mol. The zero-order chi connectivity index (χ0) is 13.0. The van der Waals surface area contributed by atoms with Crippen LogP contribution in [0, 0.1) is 12.8 Å². The van der Waals surface area contributed by atoms with Crippen LogP contribution in [0.2, 0.25) is 0 Å². The van der Waals surface area contributed by atoms with Gasteiger partial charge in [-0.25, -0.2) is 0 Å². The molecule has 2 N–H and O–H groups in total. The van der Waals surface area contributed by atoms with Crippen LogP contribution in [0.4, 0.5) is 0 Å². The van der Waals surface area contributed by atoms with Gasteiger partial charge in [-0.05, 0) is 18.4 Å². The second kappa shape index (κ2) is 5.48. The number of aliphatic carboxylic acids is 2. The molecular formula is C13H16O4. The van der Waals surface area contributed by atoms with Crippen molar-refractivity contribution in [2.75, 3.05) is 0 Å². The molecule has 1 rings (SSSR count). The Morgan fingerprint density at radius 1 is 1.29 bits per heavy atom. The minimum Gasteiger partial charge on any atom is -0.481 e. The van der Waals surface area contributed by atoms with E-state index in [9.17, 15) is 9.59 Å². The van der Waals surface area contributed by atoms with Crippen LogP contribution in [0.3, 0.4) is 0 Å². The molecule has 0 bridgehead atoms. The van der Waals surface area contributed by atoms with Crippen molar-refractivity contribution in [3.8, 4) is 0 Å². The lowest BCUT2D eigenvalue weighted by atomic mass is 9.85. The number of carboxylic acid groups (broad SMARTS) is 2. The fourth-order valence-corrected chi connectivity index (χ4v) is 1.85. The van der Waals surface area contributed by atoms with Crippen molar-refractivity contribution in [1.82, 2.24) is 0 Å². The van der Waals surface area contributed by atoms with Gasteiger partial charge in [0.05, 0.1) is 12.3 Å². The third kappa shape index (κ3) is 3.59. The Kier molecular flexibility index (Phi) is 4.26. The van der Waals surface area contributed by atoms with E-state index in [1.807, 2.05) is 31.2 Å². The molecule has 0 radical (unpaired) electrons. The van der Waals surface area contributed by atoms with Gasteiger partial charge in [0.2, 0.25) is 0 Å². The van der Waals surface area contributed by atoms with E-state index in [4.69, 9.17) is 10.2 Å². The average Bonchev–Trinajstić information content (AvgIpc) is 2.24. The van der Waals surface area contributed by atoms with E-state index in [0.717, 1.165) is 11.1 Å². The first-order chi connectivity index (χ1) is 7.91. The number of carbonyl (C=O) groups is 2. The van der Waals surface area contributed by atoms with Gasteiger partial charge < -0.3 is 10.2 Å². The first kappa shape index (κ1) is 13.2. The number of aryl methyl sites for hydroxylation is 1. The van der Waals surface area contributed by atoms with E-state index in [1.54, 1.807) is 6.92 Å². The van der Waals surface area contributed by atoms with Crippen LogP contribution >= 0.6 is 0 Å². The second-order valence-corrected chi connectivity index (χ2v) is 4.25. The third-order valence-electron chi connectivity index (χ3n) is 2.88. The van der Waals surface area contributed by atoms with Crippen molar-refractivity contribution >= 4 is 11.9 Å². The highest BCUT2D eigenvalue weighted by molar-refractivity contribution is 5.78.